The zero-order valence-electron chi connectivity index (χ0n) is 11.0. The van der Waals surface area contributed by atoms with E-state index in [1.54, 1.807) is 19.3 Å². The van der Waals surface area contributed by atoms with Gasteiger partial charge in [0.25, 0.3) is 5.91 Å². The van der Waals surface area contributed by atoms with Gasteiger partial charge in [-0.05, 0) is 17.5 Å². The molecule has 1 aromatic heterocycles. The van der Waals surface area contributed by atoms with E-state index in [-0.39, 0.29) is 19.1 Å². The van der Waals surface area contributed by atoms with Gasteiger partial charge in [0.15, 0.2) is 0 Å². The van der Waals surface area contributed by atoms with E-state index in [2.05, 4.69) is 18.8 Å². The number of nitrogens with zero attached hydrogens (tertiary/aromatic N) is 2. The van der Waals surface area contributed by atoms with Crippen LogP contribution in [0.3, 0.4) is 0 Å². The minimum atomic E-state index is -0.922. The molecule has 100 valence electrons. The van der Waals surface area contributed by atoms with Gasteiger partial charge in [0.1, 0.15) is 5.69 Å². The molecular formula is C13H20N2O3. The van der Waals surface area contributed by atoms with Crippen LogP contribution in [0.15, 0.2) is 18.3 Å². The molecule has 1 heterocycles. The third kappa shape index (κ3) is 3.78. The number of carbonyl (C=O) groups is 1. The first kappa shape index (κ1) is 14.6. The van der Waals surface area contributed by atoms with Crippen LogP contribution in [0.4, 0.5) is 0 Å². The van der Waals surface area contributed by atoms with Crippen molar-refractivity contribution in [3.8, 4) is 0 Å². The van der Waals surface area contributed by atoms with Crippen LogP contribution in [0.25, 0.3) is 0 Å². The zero-order valence-corrected chi connectivity index (χ0v) is 11.0. The first-order valence-corrected chi connectivity index (χ1v) is 5.96. The number of hydrogen-bond donors (Lipinski definition) is 2. The van der Waals surface area contributed by atoms with E-state index >= 15 is 0 Å². The summed E-state index contributed by atoms with van der Waals surface area (Å²) in [5.41, 5.74) is 1.41. The number of aromatic nitrogens is 1. The summed E-state index contributed by atoms with van der Waals surface area (Å²) in [5.74, 6) is 0.105. The topological polar surface area (TPSA) is 73.7 Å². The lowest BCUT2D eigenvalue weighted by Crippen LogP contribution is -2.36. The predicted octanol–water partition coefficient (Wildman–Crippen LogP) is 0.630. The third-order valence-electron chi connectivity index (χ3n) is 2.71. The van der Waals surface area contributed by atoms with Crippen LogP contribution >= 0.6 is 0 Å². The SMILES string of the molecule is CC(C)c1ccc(C(=O)N(C)CC(O)CO)nc1. The van der Waals surface area contributed by atoms with Gasteiger partial charge in [-0.1, -0.05) is 19.9 Å². The predicted molar refractivity (Wildman–Crippen MR) is 68.4 cm³/mol. The molecule has 0 aliphatic carbocycles. The molecule has 0 aliphatic heterocycles. The molecule has 0 saturated heterocycles. The average Bonchev–Trinajstić information content (AvgIpc) is 2.37. The van der Waals surface area contributed by atoms with Crippen molar-refractivity contribution in [1.29, 1.82) is 0 Å². The zero-order chi connectivity index (χ0) is 13.7. The average molecular weight is 252 g/mol. The Morgan fingerprint density at radius 1 is 1.44 bits per heavy atom. The number of pyridine rings is 1. The fraction of sp³-hybridized carbons (Fsp3) is 0.538. The molecule has 0 spiro atoms. The molecule has 0 aromatic carbocycles. The Labute approximate surface area is 107 Å². The van der Waals surface area contributed by atoms with Crippen molar-refractivity contribution in [2.24, 2.45) is 0 Å². The molecule has 18 heavy (non-hydrogen) atoms. The molecule has 1 atom stereocenters. The Bertz CT molecular complexity index is 390. The highest BCUT2D eigenvalue weighted by molar-refractivity contribution is 5.92. The Morgan fingerprint density at radius 2 is 2.11 bits per heavy atom. The number of hydrogen-bond acceptors (Lipinski definition) is 4. The van der Waals surface area contributed by atoms with Crippen molar-refractivity contribution in [2.45, 2.75) is 25.9 Å². The number of aliphatic hydroxyl groups is 2. The molecule has 2 N–H and O–H groups in total. The van der Waals surface area contributed by atoms with Crippen molar-refractivity contribution < 1.29 is 15.0 Å². The van der Waals surface area contributed by atoms with Gasteiger partial charge in [-0.3, -0.25) is 9.78 Å². The minimum Gasteiger partial charge on any atom is -0.394 e. The largest absolute Gasteiger partial charge is 0.394 e. The van der Waals surface area contributed by atoms with Crippen molar-refractivity contribution >= 4 is 5.91 Å². The first-order chi connectivity index (χ1) is 8.45. The monoisotopic (exact) mass is 252 g/mol. The standard InChI is InChI=1S/C13H20N2O3/c1-9(2)10-4-5-12(14-6-10)13(18)15(3)7-11(17)8-16/h4-6,9,11,16-17H,7-8H2,1-3H3. The summed E-state index contributed by atoms with van der Waals surface area (Å²) in [6.45, 7) is 3.84. The van der Waals surface area contributed by atoms with E-state index < -0.39 is 6.10 Å². The van der Waals surface area contributed by atoms with Crippen LogP contribution in [0, 0.1) is 0 Å². The summed E-state index contributed by atoms with van der Waals surface area (Å²) in [6, 6.07) is 3.56. The minimum absolute atomic E-state index is 0.0863. The van der Waals surface area contributed by atoms with Crippen molar-refractivity contribution in [3.05, 3.63) is 29.6 Å². The van der Waals surface area contributed by atoms with Gasteiger partial charge in [0.2, 0.25) is 0 Å². The van der Waals surface area contributed by atoms with Crippen LogP contribution in [-0.2, 0) is 0 Å². The van der Waals surface area contributed by atoms with Gasteiger partial charge in [0.05, 0.1) is 12.7 Å². The summed E-state index contributed by atoms with van der Waals surface area (Å²) < 4.78 is 0. The quantitative estimate of drug-likeness (QED) is 0.806. The molecule has 0 bridgehead atoms. The Hall–Kier alpha value is -1.46. The van der Waals surface area contributed by atoms with Gasteiger partial charge in [-0.2, -0.15) is 0 Å². The van der Waals surface area contributed by atoms with Crippen molar-refractivity contribution in [2.75, 3.05) is 20.2 Å². The maximum absolute atomic E-state index is 11.9. The molecule has 1 rings (SSSR count). The number of aliphatic hydroxyl groups excluding tert-OH is 2. The van der Waals surface area contributed by atoms with E-state index in [0.29, 0.717) is 11.6 Å². The van der Waals surface area contributed by atoms with Crippen LogP contribution in [0.1, 0.15) is 35.8 Å². The highest BCUT2D eigenvalue weighted by atomic mass is 16.3. The molecule has 1 aromatic rings. The lowest BCUT2D eigenvalue weighted by atomic mass is 10.1. The summed E-state index contributed by atoms with van der Waals surface area (Å²) in [6.07, 6.45) is 0.766. The van der Waals surface area contributed by atoms with Crippen LogP contribution in [0.2, 0.25) is 0 Å². The first-order valence-electron chi connectivity index (χ1n) is 5.96. The highest BCUT2D eigenvalue weighted by Gasteiger charge is 2.16. The van der Waals surface area contributed by atoms with Gasteiger partial charge in [-0.15, -0.1) is 0 Å². The second kappa shape index (κ2) is 6.47. The summed E-state index contributed by atoms with van der Waals surface area (Å²) in [4.78, 5) is 17.4. The van der Waals surface area contributed by atoms with E-state index in [9.17, 15) is 9.90 Å². The highest BCUT2D eigenvalue weighted by Crippen LogP contribution is 2.13. The molecule has 0 fully saturated rings. The normalized spacial score (nSPS) is 12.6. The molecule has 5 nitrogen and oxygen atoms in total. The smallest absolute Gasteiger partial charge is 0.272 e. The summed E-state index contributed by atoms with van der Waals surface area (Å²) in [5, 5.41) is 18.0. The molecular weight excluding hydrogens is 232 g/mol. The van der Waals surface area contributed by atoms with Gasteiger partial charge < -0.3 is 15.1 Å². The molecule has 0 aliphatic rings. The fourth-order valence-electron chi connectivity index (χ4n) is 1.53. The lowest BCUT2D eigenvalue weighted by Gasteiger charge is -2.19. The molecule has 0 saturated carbocycles. The molecule has 5 heteroatoms. The van der Waals surface area contributed by atoms with E-state index in [4.69, 9.17) is 5.11 Å². The third-order valence-corrected chi connectivity index (χ3v) is 2.71. The molecule has 1 amide bonds. The summed E-state index contributed by atoms with van der Waals surface area (Å²) in [7, 11) is 1.57. The molecule has 1 unspecified atom stereocenters. The Balaban J connectivity index is 2.71. The van der Waals surface area contributed by atoms with Crippen molar-refractivity contribution in [1.82, 2.24) is 9.88 Å². The van der Waals surface area contributed by atoms with E-state index in [1.807, 2.05) is 6.07 Å². The lowest BCUT2D eigenvalue weighted by molar-refractivity contribution is 0.0516. The second-order valence-electron chi connectivity index (χ2n) is 4.65. The number of carbonyl (C=O) groups excluding carboxylic acids is 1. The maximum Gasteiger partial charge on any atom is 0.272 e. The van der Waals surface area contributed by atoms with Gasteiger partial charge >= 0.3 is 0 Å². The van der Waals surface area contributed by atoms with Gasteiger partial charge in [-0.25, -0.2) is 0 Å². The van der Waals surface area contributed by atoms with E-state index in [1.165, 1.54) is 4.90 Å². The molecule has 0 radical (unpaired) electrons. The number of likely N-dealkylation sites (N-methyl/N-ethyl adjacent to an activating group) is 1. The Morgan fingerprint density at radius 3 is 2.56 bits per heavy atom. The van der Waals surface area contributed by atoms with Crippen LogP contribution in [-0.4, -0.2) is 52.3 Å². The van der Waals surface area contributed by atoms with Crippen molar-refractivity contribution in [3.63, 3.8) is 0 Å². The van der Waals surface area contributed by atoms with Gasteiger partial charge in [0, 0.05) is 19.8 Å². The van der Waals surface area contributed by atoms with Crippen LogP contribution in [0.5, 0.6) is 0 Å². The second-order valence-corrected chi connectivity index (χ2v) is 4.65. The van der Waals surface area contributed by atoms with E-state index in [0.717, 1.165) is 5.56 Å². The fourth-order valence-corrected chi connectivity index (χ4v) is 1.53. The number of amides is 1. The van der Waals surface area contributed by atoms with Crippen LogP contribution < -0.4 is 0 Å². The number of rotatable bonds is 5. The summed E-state index contributed by atoms with van der Waals surface area (Å²) >= 11 is 0. The Kier molecular flexibility index (Phi) is 5.25. The maximum atomic E-state index is 11.9.